The smallest absolute Gasteiger partial charge is 0.294 e. The number of fused-ring (bicyclic) bond motifs is 2. The first kappa shape index (κ1) is 26.9. The van der Waals surface area contributed by atoms with E-state index in [4.69, 9.17) is 0 Å². The zero-order chi connectivity index (χ0) is 28.7. The molecule has 0 spiro atoms. The predicted octanol–water partition coefficient (Wildman–Crippen LogP) is 5.52. The second-order valence-electron chi connectivity index (χ2n) is 8.64. The van der Waals surface area contributed by atoms with Gasteiger partial charge in [0, 0.05) is 22.0 Å². The minimum Gasteiger partial charge on any atom is -0.744 e. The van der Waals surface area contributed by atoms with Crippen molar-refractivity contribution >= 4 is 64.8 Å². The molecule has 1 amide bonds. The molecule has 0 aromatic heterocycles. The quantitative estimate of drug-likeness (QED) is 0.174. The van der Waals surface area contributed by atoms with E-state index in [2.05, 4.69) is 15.5 Å². The molecule has 0 unspecified atom stereocenters. The fourth-order valence-corrected chi connectivity index (χ4v) is 5.27. The van der Waals surface area contributed by atoms with Crippen molar-refractivity contribution in [2.24, 2.45) is 10.2 Å². The van der Waals surface area contributed by atoms with Crippen molar-refractivity contribution in [3.63, 3.8) is 0 Å². The minimum absolute atomic E-state index is 0.0681. The van der Waals surface area contributed by atoms with Crippen LogP contribution in [0.3, 0.4) is 0 Å². The molecule has 0 saturated carbocycles. The topological polar surface area (TPSA) is 186 Å². The first-order valence-corrected chi connectivity index (χ1v) is 14.3. The lowest BCUT2D eigenvalue weighted by Crippen LogP contribution is -2.11. The van der Waals surface area contributed by atoms with Gasteiger partial charge in [0.15, 0.2) is 5.75 Å². The number of carbonyl (C=O) groups excluding carboxylic acids is 1. The lowest BCUT2D eigenvalue weighted by Gasteiger charge is -2.13. The van der Waals surface area contributed by atoms with Crippen LogP contribution in [0.1, 0.15) is 10.4 Å². The van der Waals surface area contributed by atoms with Gasteiger partial charge in [0.1, 0.15) is 15.8 Å². The van der Waals surface area contributed by atoms with E-state index in [1.54, 1.807) is 24.3 Å². The fraction of sp³-hybridized carbons (Fsp3) is 0. The Balaban J connectivity index is 1.35. The molecule has 0 aliphatic heterocycles. The average Bonchev–Trinajstić information content (AvgIpc) is 2.91. The van der Waals surface area contributed by atoms with Crippen LogP contribution in [0.2, 0.25) is 0 Å². The molecule has 0 fully saturated rings. The highest BCUT2D eigenvalue weighted by molar-refractivity contribution is 7.86. The van der Waals surface area contributed by atoms with E-state index in [1.807, 2.05) is 0 Å². The van der Waals surface area contributed by atoms with Gasteiger partial charge in [-0.25, -0.2) is 8.42 Å². The van der Waals surface area contributed by atoms with Crippen LogP contribution in [0.4, 0.5) is 17.1 Å². The molecule has 40 heavy (non-hydrogen) atoms. The highest BCUT2D eigenvalue weighted by atomic mass is 32.2. The number of amides is 1. The lowest BCUT2D eigenvalue weighted by atomic mass is 10.1. The third kappa shape index (κ3) is 5.53. The Labute approximate surface area is 227 Å². The van der Waals surface area contributed by atoms with E-state index < -0.39 is 31.0 Å². The zero-order valence-corrected chi connectivity index (χ0v) is 21.8. The Morgan fingerprint density at radius 1 is 0.775 bits per heavy atom. The third-order valence-electron chi connectivity index (χ3n) is 6.00. The number of nitrogens with zero attached hydrogens (tertiary/aromatic N) is 2. The number of hydrogen-bond donors (Lipinski definition) is 3. The summed E-state index contributed by atoms with van der Waals surface area (Å²) in [6.07, 6.45) is 0. The molecule has 5 rings (SSSR count). The second kappa shape index (κ2) is 10.1. The van der Waals surface area contributed by atoms with Crippen molar-refractivity contribution < 1.29 is 35.8 Å². The largest absolute Gasteiger partial charge is 0.744 e. The van der Waals surface area contributed by atoms with Gasteiger partial charge in [-0.05, 0) is 65.4 Å². The first-order valence-electron chi connectivity index (χ1n) is 11.5. The van der Waals surface area contributed by atoms with E-state index in [9.17, 15) is 35.8 Å². The monoisotopic (exact) mass is 576 g/mol. The van der Waals surface area contributed by atoms with Gasteiger partial charge in [-0.1, -0.05) is 36.4 Å². The molecule has 0 aliphatic carbocycles. The number of phenols is 1. The van der Waals surface area contributed by atoms with E-state index in [1.165, 1.54) is 60.7 Å². The summed E-state index contributed by atoms with van der Waals surface area (Å²) in [4.78, 5) is 12.0. The summed E-state index contributed by atoms with van der Waals surface area (Å²) >= 11 is 0. The van der Waals surface area contributed by atoms with Crippen LogP contribution in [0, 0.1) is 0 Å². The van der Waals surface area contributed by atoms with E-state index in [0.717, 1.165) is 6.07 Å². The van der Waals surface area contributed by atoms with E-state index in [0.29, 0.717) is 16.5 Å². The highest BCUT2D eigenvalue weighted by Crippen LogP contribution is 2.39. The number of azo groups is 1. The van der Waals surface area contributed by atoms with Gasteiger partial charge >= 0.3 is 0 Å². The van der Waals surface area contributed by atoms with Crippen molar-refractivity contribution in [3.8, 4) is 5.75 Å². The van der Waals surface area contributed by atoms with Crippen molar-refractivity contribution in [2.45, 2.75) is 9.79 Å². The second-order valence-corrected chi connectivity index (χ2v) is 11.4. The van der Waals surface area contributed by atoms with Gasteiger partial charge < -0.3 is 15.0 Å². The van der Waals surface area contributed by atoms with Gasteiger partial charge in [-0.15, -0.1) is 5.11 Å². The third-order valence-corrected chi connectivity index (χ3v) is 7.72. The van der Waals surface area contributed by atoms with Crippen molar-refractivity contribution in [3.05, 3.63) is 96.6 Å². The Morgan fingerprint density at radius 3 is 2.10 bits per heavy atom. The highest BCUT2D eigenvalue weighted by Gasteiger charge is 2.15. The average molecular weight is 577 g/mol. The molecule has 13 heteroatoms. The predicted molar refractivity (Wildman–Crippen MR) is 146 cm³/mol. The van der Waals surface area contributed by atoms with Gasteiger partial charge in [0.05, 0.1) is 15.5 Å². The number of anilines is 1. The number of benzene rings is 5. The summed E-state index contributed by atoms with van der Waals surface area (Å²) < 4.78 is 67.1. The van der Waals surface area contributed by atoms with Crippen LogP contribution in [0.15, 0.2) is 111 Å². The van der Waals surface area contributed by atoms with Crippen LogP contribution in [-0.2, 0) is 20.2 Å². The summed E-state index contributed by atoms with van der Waals surface area (Å²) in [5.74, 6) is -0.776. The number of hydrogen-bond acceptors (Lipinski definition) is 9. The Morgan fingerprint density at radius 2 is 1.43 bits per heavy atom. The normalized spacial score (nSPS) is 12.2. The molecule has 202 valence electrons. The Kier molecular flexibility index (Phi) is 6.81. The molecule has 5 aromatic carbocycles. The molecular weight excluding hydrogens is 558 g/mol. The maximum atomic E-state index is 12.7. The van der Waals surface area contributed by atoms with Gasteiger partial charge in [-0.2, -0.15) is 13.5 Å². The standard InChI is InChI=1S/C27H19N3O8S2/c31-26-23-4-2-1-3-22(23)25(40(36,37)38)15-24(26)30-29-19-9-5-16(6-10-19)27(32)28-20-11-7-18-14-21(39(33,34)35)12-8-17(18)13-20/h1-15,31H,(H,28,32)(H,33,34,35)(H,36,37,38)/p-1. The number of nitrogens with one attached hydrogen (secondary N) is 1. The van der Waals surface area contributed by atoms with Crippen LogP contribution >= 0.6 is 0 Å². The molecule has 11 nitrogen and oxygen atoms in total. The maximum absolute atomic E-state index is 12.7. The van der Waals surface area contributed by atoms with E-state index in [-0.39, 0.29) is 38.4 Å². The Bertz CT molecular complexity index is 2060. The van der Waals surface area contributed by atoms with Crippen molar-refractivity contribution in [2.75, 3.05) is 5.32 Å². The van der Waals surface area contributed by atoms with E-state index >= 15 is 0 Å². The van der Waals surface area contributed by atoms with Gasteiger partial charge in [-0.3, -0.25) is 9.35 Å². The summed E-state index contributed by atoms with van der Waals surface area (Å²) in [6, 6.07) is 21.8. The summed E-state index contributed by atoms with van der Waals surface area (Å²) in [5.41, 5.74) is 0.816. The van der Waals surface area contributed by atoms with Crippen LogP contribution in [0.25, 0.3) is 21.5 Å². The lowest BCUT2D eigenvalue weighted by molar-refractivity contribution is 0.102. The molecule has 0 heterocycles. The van der Waals surface area contributed by atoms with Crippen LogP contribution in [0.5, 0.6) is 5.75 Å². The molecule has 0 atom stereocenters. The van der Waals surface area contributed by atoms with Gasteiger partial charge in [0.2, 0.25) is 0 Å². The number of rotatable bonds is 6. The van der Waals surface area contributed by atoms with Crippen LogP contribution < -0.4 is 5.32 Å². The van der Waals surface area contributed by atoms with Crippen molar-refractivity contribution in [1.29, 1.82) is 0 Å². The van der Waals surface area contributed by atoms with Gasteiger partial charge in [0.25, 0.3) is 16.0 Å². The maximum Gasteiger partial charge on any atom is 0.294 e. The molecule has 0 radical (unpaired) electrons. The summed E-state index contributed by atoms with van der Waals surface area (Å²) in [6.45, 7) is 0. The summed E-state index contributed by atoms with van der Waals surface area (Å²) in [5, 5.41) is 22.6. The number of carbonyl (C=O) groups is 1. The summed E-state index contributed by atoms with van der Waals surface area (Å²) in [7, 11) is -9.19. The SMILES string of the molecule is O=C(Nc1ccc2cc(S(=O)(=O)O)ccc2c1)c1ccc(N=Nc2cc(S(=O)(=O)[O-])c3ccccc3c2O)cc1. The molecule has 0 aliphatic rings. The first-order chi connectivity index (χ1) is 18.9. The molecule has 0 saturated heterocycles. The zero-order valence-electron chi connectivity index (χ0n) is 20.2. The van der Waals surface area contributed by atoms with Crippen molar-refractivity contribution in [1.82, 2.24) is 0 Å². The van der Waals surface area contributed by atoms with Crippen LogP contribution in [-0.4, -0.2) is 37.0 Å². The molecular formula is C27H18N3O8S2-. The Hall–Kier alpha value is -4.69. The number of aromatic hydroxyl groups is 1. The fourth-order valence-electron chi connectivity index (χ4n) is 4.05. The molecule has 0 bridgehead atoms. The minimum atomic E-state index is -4.85. The molecule has 5 aromatic rings. The molecule has 3 N–H and O–H groups in total. The number of phenolic OH excluding ortho intramolecular Hbond substituents is 1.